The van der Waals surface area contributed by atoms with Crippen molar-refractivity contribution in [2.75, 3.05) is 6.61 Å². The van der Waals surface area contributed by atoms with Crippen molar-refractivity contribution in [3.05, 3.63) is 64.9 Å². The predicted molar refractivity (Wildman–Crippen MR) is 110 cm³/mol. The molecule has 7 nitrogen and oxygen atoms in total. The number of carbonyl (C=O) groups is 3. The Morgan fingerprint density at radius 2 is 1.77 bits per heavy atom. The highest BCUT2D eigenvalue weighted by atomic mass is 16.5. The summed E-state index contributed by atoms with van der Waals surface area (Å²) >= 11 is 0. The summed E-state index contributed by atoms with van der Waals surface area (Å²) < 4.78 is 6.07. The van der Waals surface area contributed by atoms with Gasteiger partial charge in [-0.05, 0) is 18.6 Å². The number of ketones is 1. The SMILES string of the molecule is CC(O)[C@H]1C(=O)N2C(C(=O)O)=C(COc3cccc4c3-c3ccccc3C4=O)[C@H](C)C12. The smallest absolute Gasteiger partial charge is 0.352 e. The maximum atomic E-state index is 12.7. The minimum atomic E-state index is -1.19. The van der Waals surface area contributed by atoms with Crippen molar-refractivity contribution < 1.29 is 29.3 Å². The van der Waals surface area contributed by atoms with Crippen molar-refractivity contribution in [3.63, 3.8) is 0 Å². The molecule has 3 aliphatic rings. The van der Waals surface area contributed by atoms with Crippen LogP contribution in [0.1, 0.15) is 29.8 Å². The van der Waals surface area contributed by atoms with Crippen LogP contribution in [-0.2, 0) is 9.59 Å². The molecular weight excluding hydrogens is 398 g/mol. The summed E-state index contributed by atoms with van der Waals surface area (Å²) in [5.41, 5.74) is 3.10. The number of carboxylic acid groups (broad SMARTS) is 1. The van der Waals surface area contributed by atoms with E-state index in [4.69, 9.17) is 4.74 Å². The van der Waals surface area contributed by atoms with Crippen molar-refractivity contribution in [2.45, 2.75) is 26.0 Å². The van der Waals surface area contributed by atoms with Crippen LogP contribution in [0.4, 0.5) is 0 Å². The van der Waals surface area contributed by atoms with Crippen molar-refractivity contribution in [3.8, 4) is 16.9 Å². The normalized spacial score (nSPS) is 24.5. The monoisotopic (exact) mass is 419 g/mol. The number of nitrogens with zero attached hydrogens (tertiary/aromatic N) is 1. The van der Waals surface area contributed by atoms with Gasteiger partial charge in [-0.1, -0.05) is 43.3 Å². The van der Waals surface area contributed by atoms with E-state index < -0.39 is 18.0 Å². The van der Waals surface area contributed by atoms with E-state index in [2.05, 4.69) is 0 Å². The van der Waals surface area contributed by atoms with Gasteiger partial charge in [-0.3, -0.25) is 9.59 Å². The van der Waals surface area contributed by atoms with Gasteiger partial charge in [-0.2, -0.15) is 0 Å². The Bertz CT molecular complexity index is 1180. The van der Waals surface area contributed by atoms with Crippen LogP contribution in [0.15, 0.2) is 53.7 Å². The number of aliphatic hydroxyl groups is 1. The van der Waals surface area contributed by atoms with Crippen molar-refractivity contribution in [1.82, 2.24) is 4.90 Å². The van der Waals surface area contributed by atoms with Gasteiger partial charge in [0.2, 0.25) is 5.91 Å². The number of carbonyl (C=O) groups excluding carboxylic acids is 2. The summed E-state index contributed by atoms with van der Waals surface area (Å²) in [6.45, 7) is 3.37. The van der Waals surface area contributed by atoms with Gasteiger partial charge in [-0.25, -0.2) is 4.79 Å². The molecule has 2 N–H and O–H groups in total. The van der Waals surface area contributed by atoms with Gasteiger partial charge in [0.25, 0.3) is 0 Å². The Kier molecular flexibility index (Phi) is 4.27. The van der Waals surface area contributed by atoms with Crippen molar-refractivity contribution >= 4 is 17.7 Å². The van der Waals surface area contributed by atoms with Crippen LogP contribution in [0.3, 0.4) is 0 Å². The summed E-state index contributed by atoms with van der Waals surface area (Å²) in [7, 11) is 0. The molecule has 0 bridgehead atoms. The van der Waals surface area contributed by atoms with Crippen LogP contribution >= 0.6 is 0 Å². The lowest BCUT2D eigenvalue weighted by Crippen LogP contribution is -2.63. The molecule has 1 saturated heterocycles. The summed E-state index contributed by atoms with van der Waals surface area (Å²) in [4.78, 5) is 38.4. The van der Waals surface area contributed by atoms with Gasteiger partial charge in [-0.15, -0.1) is 0 Å². The number of benzene rings is 2. The lowest BCUT2D eigenvalue weighted by Gasteiger charge is -2.46. The maximum Gasteiger partial charge on any atom is 0.352 e. The van der Waals surface area contributed by atoms with Crippen LogP contribution in [0, 0.1) is 11.8 Å². The first kappa shape index (κ1) is 19.5. The van der Waals surface area contributed by atoms with Gasteiger partial charge in [0.05, 0.1) is 18.1 Å². The van der Waals surface area contributed by atoms with Gasteiger partial charge in [0, 0.05) is 28.2 Å². The molecule has 0 spiro atoms. The molecule has 1 amide bonds. The number of fused-ring (bicyclic) bond motifs is 4. The quantitative estimate of drug-likeness (QED) is 0.616. The first-order valence-electron chi connectivity index (χ1n) is 10.2. The molecule has 2 aromatic carbocycles. The van der Waals surface area contributed by atoms with E-state index in [9.17, 15) is 24.6 Å². The zero-order valence-electron chi connectivity index (χ0n) is 17.0. The van der Waals surface area contributed by atoms with E-state index in [1.807, 2.05) is 25.1 Å². The summed E-state index contributed by atoms with van der Waals surface area (Å²) in [5.74, 6) is -2.02. The first-order valence-corrected chi connectivity index (χ1v) is 10.2. The standard InChI is InChI=1S/C24H21NO6/c1-11-16(21(24(29)30)25-20(11)18(12(2)26)23(25)28)10-31-17-9-5-8-15-19(17)13-6-3-4-7-14(13)22(15)27/h3-9,11-12,18,20,26H,10H2,1-2H3,(H,29,30)/t11-,12?,18+,20?/m0/s1. The van der Waals surface area contributed by atoms with Crippen LogP contribution in [-0.4, -0.2) is 51.5 Å². The molecule has 2 unspecified atom stereocenters. The lowest BCUT2D eigenvalue weighted by molar-refractivity contribution is -0.163. The molecule has 158 valence electrons. The molecule has 2 heterocycles. The number of β-lactam (4-membered cyclic amide) rings is 1. The number of carboxylic acids is 1. The molecular formula is C24H21NO6. The number of amides is 1. The minimum Gasteiger partial charge on any atom is -0.488 e. The van der Waals surface area contributed by atoms with Gasteiger partial charge < -0.3 is 19.8 Å². The zero-order chi connectivity index (χ0) is 22.0. The van der Waals surface area contributed by atoms with E-state index in [1.54, 1.807) is 31.2 Å². The molecule has 2 aromatic rings. The third-order valence-corrected chi connectivity index (χ3v) is 6.61. The fourth-order valence-electron chi connectivity index (χ4n) is 5.15. The third-order valence-electron chi connectivity index (χ3n) is 6.61. The van der Waals surface area contributed by atoms with Gasteiger partial charge >= 0.3 is 5.97 Å². The molecule has 1 fully saturated rings. The second-order valence-electron chi connectivity index (χ2n) is 8.27. The minimum absolute atomic E-state index is 0.0254. The zero-order valence-corrected chi connectivity index (χ0v) is 17.0. The van der Waals surface area contributed by atoms with Crippen LogP contribution in [0.5, 0.6) is 5.75 Å². The third kappa shape index (κ3) is 2.59. The molecule has 0 radical (unpaired) electrons. The van der Waals surface area contributed by atoms with Crippen LogP contribution in [0.2, 0.25) is 0 Å². The highest BCUT2D eigenvalue weighted by Crippen LogP contribution is 2.48. The second-order valence-corrected chi connectivity index (χ2v) is 8.27. The Hall–Kier alpha value is -3.45. The molecule has 7 heteroatoms. The Morgan fingerprint density at radius 3 is 2.45 bits per heavy atom. The maximum absolute atomic E-state index is 12.7. The number of aliphatic hydroxyl groups excluding tert-OH is 1. The van der Waals surface area contributed by atoms with E-state index in [-0.39, 0.29) is 36.0 Å². The molecule has 0 saturated carbocycles. The largest absolute Gasteiger partial charge is 0.488 e. The summed E-state index contributed by atoms with van der Waals surface area (Å²) in [6, 6.07) is 12.2. The van der Waals surface area contributed by atoms with Crippen LogP contribution in [0.25, 0.3) is 11.1 Å². The topological polar surface area (TPSA) is 104 Å². The number of hydrogen-bond donors (Lipinski definition) is 2. The van der Waals surface area contributed by atoms with Gasteiger partial charge in [0.15, 0.2) is 5.78 Å². The molecule has 5 rings (SSSR count). The molecule has 0 aromatic heterocycles. The molecule has 2 aliphatic heterocycles. The predicted octanol–water partition coefficient (Wildman–Crippen LogP) is 2.47. The molecule has 31 heavy (non-hydrogen) atoms. The van der Waals surface area contributed by atoms with Crippen molar-refractivity contribution in [2.24, 2.45) is 11.8 Å². The summed E-state index contributed by atoms with van der Waals surface area (Å²) in [5, 5.41) is 19.7. The Labute approximate surface area is 178 Å². The van der Waals surface area contributed by atoms with E-state index >= 15 is 0 Å². The van der Waals surface area contributed by atoms with E-state index in [1.165, 1.54) is 4.90 Å². The van der Waals surface area contributed by atoms with E-state index in [0.717, 1.165) is 5.56 Å². The first-order chi connectivity index (χ1) is 14.8. The molecule has 4 atom stereocenters. The number of hydrogen-bond acceptors (Lipinski definition) is 5. The number of rotatable bonds is 5. The van der Waals surface area contributed by atoms with Gasteiger partial charge in [0.1, 0.15) is 18.1 Å². The van der Waals surface area contributed by atoms with Crippen LogP contribution < -0.4 is 4.74 Å². The molecule has 1 aliphatic carbocycles. The fourth-order valence-corrected chi connectivity index (χ4v) is 5.15. The lowest BCUT2D eigenvalue weighted by atomic mass is 9.78. The Morgan fingerprint density at radius 1 is 1.10 bits per heavy atom. The highest BCUT2D eigenvalue weighted by Gasteiger charge is 2.59. The summed E-state index contributed by atoms with van der Waals surface area (Å²) in [6.07, 6.45) is -0.855. The average Bonchev–Trinajstić information content (AvgIpc) is 3.16. The highest BCUT2D eigenvalue weighted by molar-refractivity contribution is 6.22. The number of aliphatic carboxylic acids is 1. The fraction of sp³-hybridized carbons (Fsp3) is 0.292. The average molecular weight is 419 g/mol. The Balaban J connectivity index is 1.49. The number of ether oxygens (including phenoxy) is 1. The van der Waals surface area contributed by atoms with Crippen molar-refractivity contribution in [1.29, 1.82) is 0 Å². The van der Waals surface area contributed by atoms with E-state index in [0.29, 0.717) is 28.0 Å². The second kappa shape index (κ2) is 6.78.